The monoisotopic (exact) mass is 292 g/mol. The van der Waals surface area contributed by atoms with Gasteiger partial charge in [0.25, 0.3) is 0 Å². The Hall–Kier alpha value is -1.55. The zero-order valence-electron chi connectivity index (χ0n) is 9.48. The molecule has 0 aliphatic carbocycles. The van der Waals surface area contributed by atoms with Crippen molar-refractivity contribution in [2.24, 2.45) is 0 Å². The molecule has 0 spiro atoms. The van der Waals surface area contributed by atoms with Crippen molar-refractivity contribution < 1.29 is 4.74 Å². The summed E-state index contributed by atoms with van der Waals surface area (Å²) in [6, 6.07) is 9.89. The van der Waals surface area contributed by atoms with Crippen molar-refractivity contribution in [3.05, 3.63) is 52.8 Å². The third-order valence-electron chi connectivity index (χ3n) is 2.33. The minimum absolute atomic E-state index is 0.736. The van der Waals surface area contributed by atoms with Crippen molar-refractivity contribution in [1.82, 2.24) is 4.98 Å². The second-order valence-electron chi connectivity index (χ2n) is 3.60. The molecule has 1 aromatic carbocycles. The van der Waals surface area contributed by atoms with E-state index in [0.717, 1.165) is 28.0 Å². The van der Waals surface area contributed by atoms with Gasteiger partial charge in [-0.3, -0.25) is 4.98 Å². The number of hydrogen-bond donors (Lipinski definition) is 1. The van der Waals surface area contributed by atoms with E-state index < -0.39 is 0 Å². The van der Waals surface area contributed by atoms with E-state index in [1.54, 1.807) is 13.3 Å². The van der Waals surface area contributed by atoms with Gasteiger partial charge >= 0.3 is 0 Å². The van der Waals surface area contributed by atoms with Gasteiger partial charge in [0.15, 0.2) is 0 Å². The fourth-order valence-corrected chi connectivity index (χ4v) is 1.90. The molecule has 0 saturated carbocycles. The largest absolute Gasteiger partial charge is 0.497 e. The highest BCUT2D eigenvalue weighted by Crippen LogP contribution is 2.18. The number of benzene rings is 1. The van der Waals surface area contributed by atoms with Gasteiger partial charge in [0.2, 0.25) is 0 Å². The molecule has 0 atom stereocenters. The number of methoxy groups -OCH3 is 1. The molecule has 0 amide bonds. The van der Waals surface area contributed by atoms with Crippen LogP contribution in [-0.2, 0) is 6.54 Å². The van der Waals surface area contributed by atoms with Crippen LogP contribution in [-0.4, -0.2) is 12.1 Å². The average molecular weight is 293 g/mol. The van der Waals surface area contributed by atoms with Crippen LogP contribution in [0.25, 0.3) is 0 Å². The van der Waals surface area contributed by atoms with Crippen LogP contribution in [0.3, 0.4) is 0 Å². The Morgan fingerprint density at radius 3 is 2.94 bits per heavy atom. The predicted molar refractivity (Wildman–Crippen MR) is 72.3 cm³/mol. The second kappa shape index (κ2) is 5.68. The minimum atomic E-state index is 0.736. The van der Waals surface area contributed by atoms with Crippen LogP contribution in [0.1, 0.15) is 5.56 Å². The Kier molecular flexibility index (Phi) is 3.98. The lowest BCUT2D eigenvalue weighted by Crippen LogP contribution is -1.99. The first-order chi connectivity index (χ1) is 8.28. The van der Waals surface area contributed by atoms with E-state index in [-0.39, 0.29) is 0 Å². The summed E-state index contributed by atoms with van der Waals surface area (Å²) in [5.74, 6) is 0.849. The van der Waals surface area contributed by atoms with Crippen molar-refractivity contribution in [2.45, 2.75) is 6.54 Å². The van der Waals surface area contributed by atoms with Crippen LogP contribution >= 0.6 is 15.9 Å². The molecule has 3 nitrogen and oxygen atoms in total. The lowest BCUT2D eigenvalue weighted by molar-refractivity contribution is 0.415. The maximum atomic E-state index is 5.17. The molecular weight excluding hydrogens is 280 g/mol. The molecule has 88 valence electrons. The fourth-order valence-electron chi connectivity index (χ4n) is 1.49. The van der Waals surface area contributed by atoms with Crippen LogP contribution in [0.4, 0.5) is 5.69 Å². The smallest absolute Gasteiger partial charge is 0.120 e. The fraction of sp³-hybridized carbons (Fsp3) is 0.154. The number of nitrogens with zero attached hydrogens (tertiary/aromatic N) is 1. The van der Waals surface area contributed by atoms with Gasteiger partial charge in [-0.2, -0.15) is 0 Å². The maximum absolute atomic E-state index is 5.17. The van der Waals surface area contributed by atoms with Gasteiger partial charge < -0.3 is 10.1 Å². The second-order valence-corrected chi connectivity index (χ2v) is 4.51. The maximum Gasteiger partial charge on any atom is 0.120 e. The van der Waals surface area contributed by atoms with Crippen molar-refractivity contribution in [1.29, 1.82) is 0 Å². The topological polar surface area (TPSA) is 34.1 Å². The first kappa shape index (κ1) is 11.9. The molecule has 1 heterocycles. The average Bonchev–Trinajstić information content (AvgIpc) is 2.37. The summed E-state index contributed by atoms with van der Waals surface area (Å²) in [7, 11) is 1.66. The van der Waals surface area contributed by atoms with Crippen molar-refractivity contribution in [3.8, 4) is 5.75 Å². The summed E-state index contributed by atoms with van der Waals surface area (Å²) >= 11 is 3.40. The van der Waals surface area contributed by atoms with E-state index in [1.807, 2.05) is 36.5 Å². The molecule has 1 N–H and O–H groups in total. The number of pyridine rings is 1. The number of aromatic nitrogens is 1. The molecule has 17 heavy (non-hydrogen) atoms. The molecule has 2 rings (SSSR count). The molecule has 0 aliphatic rings. The van der Waals surface area contributed by atoms with Crippen LogP contribution in [0, 0.1) is 0 Å². The van der Waals surface area contributed by atoms with Gasteiger partial charge in [0, 0.05) is 35.2 Å². The summed E-state index contributed by atoms with van der Waals surface area (Å²) in [6.45, 7) is 0.736. The number of anilines is 1. The third kappa shape index (κ3) is 3.46. The zero-order chi connectivity index (χ0) is 12.1. The highest BCUT2D eigenvalue weighted by molar-refractivity contribution is 9.10. The summed E-state index contributed by atoms with van der Waals surface area (Å²) in [5, 5.41) is 3.32. The Morgan fingerprint density at radius 1 is 1.29 bits per heavy atom. The Morgan fingerprint density at radius 2 is 2.18 bits per heavy atom. The van der Waals surface area contributed by atoms with Crippen molar-refractivity contribution in [2.75, 3.05) is 12.4 Å². The molecule has 0 fully saturated rings. The number of rotatable bonds is 4. The molecule has 0 unspecified atom stereocenters. The van der Waals surface area contributed by atoms with Crippen LogP contribution in [0.15, 0.2) is 47.2 Å². The minimum Gasteiger partial charge on any atom is -0.497 e. The van der Waals surface area contributed by atoms with E-state index in [0.29, 0.717) is 0 Å². The molecule has 0 saturated heterocycles. The van der Waals surface area contributed by atoms with E-state index >= 15 is 0 Å². The molecule has 0 bridgehead atoms. The summed E-state index contributed by atoms with van der Waals surface area (Å²) in [6.07, 6.45) is 3.62. The first-order valence-electron chi connectivity index (χ1n) is 5.25. The number of hydrogen-bond acceptors (Lipinski definition) is 3. The first-order valence-corrected chi connectivity index (χ1v) is 6.04. The van der Waals surface area contributed by atoms with Gasteiger partial charge in [-0.25, -0.2) is 0 Å². The number of halogens is 1. The van der Waals surface area contributed by atoms with Crippen LogP contribution < -0.4 is 10.1 Å². The number of ether oxygens (including phenoxy) is 1. The summed E-state index contributed by atoms with van der Waals surface area (Å²) in [5.41, 5.74) is 2.16. The van der Waals surface area contributed by atoms with Crippen LogP contribution in [0.2, 0.25) is 0 Å². The van der Waals surface area contributed by atoms with E-state index in [1.165, 1.54) is 0 Å². The Labute approximate surface area is 109 Å². The predicted octanol–water partition coefficient (Wildman–Crippen LogP) is 3.46. The molecule has 0 radical (unpaired) electrons. The zero-order valence-corrected chi connectivity index (χ0v) is 11.1. The van der Waals surface area contributed by atoms with Gasteiger partial charge in [-0.15, -0.1) is 0 Å². The Bertz CT molecular complexity index is 502. The van der Waals surface area contributed by atoms with Gasteiger partial charge in [0.1, 0.15) is 5.75 Å². The Balaban J connectivity index is 2.02. The van der Waals surface area contributed by atoms with Gasteiger partial charge in [0.05, 0.1) is 7.11 Å². The lowest BCUT2D eigenvalue weighted by atomic mass is 10.2. The normalized spacial score (nSPS) is 10.0. The summed E-state index contributed by atoms with van der Waals surface area (Å²) < 4.78 is 6.15. The molecular formula is C13H13BrN2O. The third-order valence-corrected chi connectivity index (χ3v) is 2.76. The van der Waals surface area contributed by atoms with E-state index in [2.05, 4.69) is 26.2 Å². The highest BCUT2D eigenvalue weighted by atomic mass is 79.9. The molecule has 1 aromatic heterocycles. The molecule has 2 aromatic rings. The quantitative estimate of drug-likeness (QED) is 0.937. The number of nitrogens with one attached hydrogen (secondary N) is 1. The molecule has 0 aliphatic heterocycles. The highest BCUT2D eigenvalue weighted by Gasteiger charge is 1.97. The standard InChI is InChI=1S/C13H13BrN2O/c1-17-13-4-2-3-12(6-13)16-8-10-5-11(14)9-15-7-10/h2-7,9,16H,8H2,1H3. The van der Waals surface area contributed by atoms with Gasteiger partial charge in [-0.05, 0) is 39.7 Å². The van der Waals surface area contributed by atoms with E-state index in [9.17, 15) is 0 Å². The van der Waals surface area contributed by atoms with Gasteiger partial charge in [-0.1, -0.05) is 6.07 Å². The van der Waals surface area contributed by atoms with Crippen LogP contribution in [0.5, 0.6) is 5.75 Å². The van der Waals surface area contributed by atoms with Crippen molar-refractivity contribution in [3.63, 3.8) is 0 Å². The van der Waals surface area contributed by atoms with E-state index in [4.69, 9.17) is 4.74 Å². The van der Waals surface area contributed by atoms with Crippen molar-refractivity contribution >= 4 is 21.6 Å². The summed E-state index contributed by atoms with van der Waals surface area (Å²) in [4.78, 5) is 4.12. The lowest BCUT2D eigenvalue weighted by Gasteiger charge is -2.08. The molecule has 4 heteroatoms. The SMILES string of the molecule is COc1cccc(NCc2cncc(Br)c2)c1.